The summed E-state index contributed by atoms with van der Waals surface area (Å²) in [7, 11) is 2.14. The maximum absolute atomic E-state index is 10.9. The first kappa shape index (κ1) is 8.22. The van der Waals surface area contributed by atoms with Crippen molar-refractivity contribution in [3.8, 4) is 5.75 Å². The Labute approximate surface area is 67.9 Å². The summed E-state index contributed by atoms with van der Waals surface area (Å²) < 4.78 is 4.87. The van der Waals surface area contributed by atoms with Crippen molar-refractivity contribution in [3.63, 3.8) is 0 Å². The van der Waals surface area contributed by atoms with Gasteiger partial charge in [-0.25, -0.2) is 0 Å². The second kappa shape index (κ2) is 3.49. The zero-order valence-corrected chi connectivity index (χ0v) is 7.36. The fraction of sp³-hybridized carbons (Fsp3) is 0.125. The summed E-state index contributed by atoms with van der Waals surface area (Å²) in [5, 5.41) is 0. The van der Waals surface area contributed by atoms with Gasteiger partial charge in [-0.15, -0.1) is 0 Å². The quantitative estimate of drug-likeness (QED) is 0.499. The van der Waals surface area contributed by atoms with Crippen LogP contribution in [0.15, 0.2) is 24.3 Å². The lowest BCUT2D eigenvalue weighted by molar-refractivity contribution is 0.101. The SMILES string of the molecule is CC(=O)c1cccc(OP)c1. The van der Waals surface area contributed by atoms with Crippen LogP contribution in [0.5, 0.6) is 5.75 Å². The van der Waals surface area contributed by atoms with Gasteiger partial charge in [-0.3, -0.25) is 4.79 Å². The summed E-state index contributed by atoms with van der Waals surface area (Å²) in [6, 6.07) is 7.04. The average Bonchev–Trinajstić information content (AvgIpc) is 2.05. The van der Waals surface area contributed by atoms with Gasteiger partial charge in [0.15, 0.2) is 5.78 Å². The van der Waals surface area contributed by atoms with E-state index in [1.165, 1.54) is 6.92 Å². The van der Waals surface area contributed by atoms with Crippen LogP contribution in [0.25, 0.3) is 0 Å². The monoisotopic (exact) mass is 168 g/mol. The molecule has 0 amide bonds. The molecule has 0 aliphatic heterocycles. The van der Waals surface area contributed by atoms with Crippen LogP contribution < -0.4 is 4.52 Å². The molecule has 0 saturated heterocycles. The molecule has 0 N–H and O–H groups in total. The van der Waals surface area contributed by atoms with Crippen molar-refractivity contribution in [1.29, 1.82) is 0 Å². The number of benzene rings is 1. The number of ketones is 1. The Morgan fingerprint density at radius 1 is 1.55 bits per heavy atom. The number of carbonyl (C=O) groups excluding carboxylic acids is 1. The first-order chi connectivity index (χ1) is 5.24. The van der Waals surface area contributed by atoms with Crippen LogP contribution in [0.1, 0.15) is 17.3 Å². The number of hydrogen-bond donors (Lipinski definition) is 0. The van der Waals surface area contributed by atoms with Crippen LogP contribution in [0.4, 0.5) is 0 Å². The molecule has 0 spiro atoms. The molecule has 2 nitrogen and oxygen atoms in total. The molecule has 0 fully saturated rings. The van der Waals surface area contributed by atoms with Gasteiger partial charge in [-0.2, -0.15) is 0 Å². The van der Waals surface area contributed by atoms with Crippen LogP contribution in [0.3, 0.4) is 0 Å². The Morgan fingerprint density at radius 3 is 2.82 bits per heavy atom. The largest absolute Gasteiger partial charge is 0.480 e. The lowest BCUT2D eigenvalue weighted by Crippen LogP contribution is -1.90. The number of rotatable bonds is 2. The normalized spacial score (nSPS) is 9.27. The highest BCUT2D eigenvalue weighted by Gasteiger charge is 1.98. The molecular formula is C8H9O2P. The maximum atomic E-state index is 10.9. The van der Waals surface area contributed by atoms with E-state index in [0.29, 0.717) is 11.3 Å². The van der Waals surface area contributed by atoms with Gasteiger partial charge in [0, 0.05) is 5.56 Å². The summed E-state index contributed by atoms with van der Waals surface area (Å²) >= 11 is 0. The van der Waals surface area contributed by atoms with Gasteiger partial charge >= 0.3 is 0 Å². The minimum absolute atomic E-state index is 0.0499. The molecule has 1 aromatic carbocycles. The van der Waals surface area contributed by atoms with Crippen molar-refractivity contribution in [3.05, 3.63) is 29.8 Å². The van der Waals surface area contributed by atoms with Crippen LogP contribution in [-0.4, -0.2) is 5.78 Å². The lowest BCUT2D eigenvalue weighted by Gasteiger charge is -1.99. The van der Waals surface area contributed by atoms with Crippen molar-refractivity contribution >= 4 is 15.2 Å². The summed E-state index contributed by atoms with van der Waals surface area (Å²) in [5.74, 6) is 0.733. The fourth-order valence-electron chi connectivity index (χ4n) is 0.788. The van der Waals surface area contributed by atoms with Gasteiger partial charge in [-0.1, -0.05) is 12.1 Å². The molecular weight excluding hydrogens is 159 g/mol. The van der Waals surface area contributed by atoms with E-state index < -0.39 is 0 Å². The van der Waals surface area contributed by atoms with E-state index in [0.717, 1.165) is 0 Å². The van der Waals surface area contributed by atoms with Crippen molar-refractivity contribution in [2.75, 3.05) is 0 Å². The maximum Gasteiger partial charge on any atom is 0.159 e. The van der Waals surface area contributed by atoms with Crippen molar-refractivity contribution < 1.29 is 9.32 Å². The fourth-order valence-corrected chi connectivity index (χ4v) is 0.935. The molecule has 1 rings (SSSR count). The van der Waals surface area contributed by atoms with E-state index in [1.807, 2.05) is 0 Å². The summed E-state index contributed by atoms with van der Waals surface area (Å²) in [5.41, 5.74) is 0.671. The molecule has 3 heteroatoms. The van der Waals surface area contributed by atoms with Gasteiger partial charge in [0.25, 0.3) is 0 Å². The van der Waals surface area contributed by atoms with Crippen LogP contribution in [-0.2, 0) is 0 Å². The molecule has 0 aliphatic carbocycles. The van der Waals surface area contributed by atoms with E-state index in [-0.39, 0.29) is 5.78 Å². The zero-order valence-electron chi connectivity index (χ0n) is 6.20. The molecule has 0 heterocycles. The van der Waals surface area contributed by atoms with Crippen molar-refractivity contribution in [2.24, 2.45) is 0 Å². The Bertz CT molecular complexity index is 271. The molecule has 1 aromatic rings. The summed E-state index contributed by atoms with van der Waals surface area (Å²) in [4.78, 5) is 10.9. The van der Waals surface area contributed by atoms with E-state index >= 15 is 0 Å². The minimum atomic E-state index is 0.0499. The van der Waals surface area contributed by atoms with Gasteiger partial charge in [0.1, 0.15) is 5.75 Å². The number of Topliss-reactive ketones (excluding diaryl/α,β-unsaturated/α-hetero) is 1. The predicted octanol–water partition coefficient (Wildman–Crippen LogP) is 2.06. The first-order valence-corrected chi connectivity index (χ1v) is 3.69. The highest BCUT2D eigenvalue weighted by molar-refractivity contribution is 7.10. The third kappa shape index (κ3) is 2.02. The van der Waals surface area contributed by atoms with Gasteiger partial charge in [-0.05, 0) is 19.1 Å². The topological polar surface area (TPSA) is 26.3 Å². The predicted molar refractivity (Wildman–Crippen MR) is 46.8 cm³/mol. The zero-order chi connectivity index (χ0) is 8.27. The van der Waals surface area contributed by atoms with E-state index in [1.54, 1.807) is 24.3 Å². The molecule has 1 atom stereocenters. The Balaban J connectivity index is 3.01. The van der Waals surface area contributed by atoms with Gasteiger partial charge in [0.2, 0.25) is 0 Å². The van der Waals surface area contributed by atoms with Crippen LogP contribution >= 0.6 is 9.47 Å². The van der Waals surface area contributed by atoms with Gasteiger partial charge < -0.3 is 4.52 Å². The molecule has 0 saturated carbocycles. The minimum Gasteiger partial charge on any atom is -0.480 e. The molecule has 11 heavy (non-hydrogen) atoms. The highest BCUT2D eigenvalue weighted by atomic mass is 31.0. The smallest absolute Gasteiger partial charge is 0.159 e. The van der Waals surface area contributed by atoms with E-state index in [2.05, 4.69) is 9.47 Å². The Kier molecular flexibility index (Phi) is 2.61. The first-order valence-electron chi connectivity index (χ1n) is 3.22. The van der Waals surface area contributed by atoms with E-state index in [9.17, 15) is 4.79 Å². The second-order valence-electron chi connectivity index (χ2n) is 2.20. The molecule has 0 radical (unpaired) electrons. The summed E-state index contributed by atoms with van der Waals surface area (Å²) in [6.07, 6.45) is 0. The highest BCUT2D eigenvalue weighted by Crippen LogP contribution is 2.15. The molecule has 0 bridgehead atoms. The lowest BCUT2D eigenvalue weighted by atomic mass is 10.1. The average molecular weight is 168 g/mol. The van der Waals surface area contributed by atoms with Crippen LogP contribution in [0, 0.1) is 0 Å². The number of hydrogen-bond acceptors (Lipinski definition) is 2. The van der Waals surface area contributed by atoms with Crippen molar-refractivity contribution in [1.82, 2.24) is 0 Å². The van der Waals surface area contributed by atoms with Gasteiger partial charge in [0.05, 0.1) is 9.47 Å². The third-order valence-corrected chi connectivity index (χ3v) is 1.65. The Morgan fingerprint density at radius 2 is 2.27 bits per heavy atom. The number of carbonyl (C=O) groups is 1. The summed E-state index contributed by atoms with van der Waals surface area (Å²) in [6.45, 7) is 1.53. The molecule has 0 aliphatic rings. The van der Waals surface area contributed by atoms with Crippen LogP contribution in [0.2, 0.25) is 0 Å². The second-order valence-corrected chi connectivity index (χ2v) is 2.44. The standard InChI is InChI=1S/C8H9O2P/c1-6(9)7-3-2-4-8(5-7)10-11/h2-5H,11H2,1H3. The van der Waals surface area contributed by atoms with Crippen molar-refractivity contribution in [2.45, 2.75) is 6.92 Å². The third-order valence-electron chi connectivity index (χ3n) is 1.38. The molecule has 0 aromatic heterocycles. The van der Waals surface area contributed by atoms with E-state index in [4.69, 9.17) is 4.52 Å². The molecule has 1 unspecified atom stereocenters. The Hall–Kier alpha value is -0.880. The molecule has 58 valence electrons.